The van der Waals surface area contributed by atoms with Crippen molar-refractivity contribution in [3.63, 3.8) is 0 Å². The molecule has 3 rings (SSSR count). The van der Waals surface area contributed by atoms with Crippen LogP contribution in [0.4, 0.5) is 8.78 Å². The Morgan fingerprint density at radius 3 is 2.16 bits per heavy atom. The molecule has 0 aliphatic heterocycles. The normalized spacial score (nSPS) is 22.7. The van der Waals surface area contributed by atoms with Crippen LogP contribution in [0.2, 0.25) is 0 Å². The third kappa shape index (κ3) is 6.87. The van der Waals surface area contributed by atoms with Gasteiger partial charge in [0.25, 0.3) is 0 Å². The molecule has 1 aliphatic carbocycles. The van der Waals surface area contributed by atoms with E-state index in [9.17, 15) is 8.78 Å². The molecule has 4 atom stereocenters. The second-order valence-electron chi connectivity index (χ2n) is 9.45. The van der Waals surface area contributed by atoms with Crippen molar-refractivity contribution in [2.24, 2.45) is 0 Å². The lowest BCUT2D eigenvalue weighted by atomic mass is 9.82. The minimum atomic E-state index is -1.30. The van der Waals surface area contributed by atoms with Gasteiger partial charge in [-0.2, -0.15) is 0 Å². The van der Waals surface area contributed by atoms with E-state index in [2.05, 4.69) is 80.3 Å². The van der Waals surface area contributed by atoms with Crippen LogP contribution < -0.4 is 0 Å². The number of nitrogens with zero attached hydrogens (tertiary/aromatic N) is 1. The highest BCUT2D eigenvalue weighted by Crippen LogP contribution is 2.36. The molecule has 170 valence electrons. The minimum absolute atomic E-state index is 0.161. The van der Waals surface area contributed by atoms with Gasteiger partial charge in [0.05, 0.1) is 0 Å². The van der Waals surface area contributed by atoms with Crippen LogP contribution in [0.1, 0.15) is 75.5 Å². The van der Waals surface area contributed by atoms with Gasteiger partial charge in [0.15, 0.2) is 0 Å². The molecular formula is C28H39F2N. The van der Waals surface area contributed by atoms with Crippen molar-refractivity contribution in [2.45, 2.75) is 96.1 Å². The fraction of sp³-hybridized carbons (Fsp3) is 0.571. The molecule has 31 heavy (non-hydrogen) atoms. The van der Waals surface area contributed by atoms with Crippen LogP contribution in [-0.4, -0.2) is 35.9 Å². The zero-order chi connectivity index (χ0) is 22.2. The van der Waals surface area contributed by atoms with Crippen LogP contribution in [0, 0.1) is 0 Å². The van der Waals surface area contributed by atoms with Crippen LogP contribution in [0.15, 0.2) is 54.6 Å². The summed E-state index contributed by atoms with van der Waals surface area (Å²) in [5, 5.41) is 0. The molecule has 0 amide bonds. The molecular weight excluding hydrogens is 388 g/mol. The third-order valence-corrected chi connectivity index (χ3v) is 7.02. The van der Waals surface area contributed by atoms with Crippen molar-refractivity contribution in [1.82, 2.24) is 4.90 Å². The van der Waals surface area contributed by atoms with Crippen molar-refractivity contribution in [3.8, 4) is 0 Å². The van der Waals surface area contributed by atoms with E-state index >= 15 is 0 Å². The molecule has 3 heteroatoms. The fourth-order valence-electron chi connectivity index (χ4n) is 5.04. The molecule has 2 aromatic carbocycles. The molecule has 0 bridgehead atoms. The van der Waals surface area contributed by atoms with E-state index in [4.69, 9.17) is 0 Å². The number of hydrogen-bond donors (Lipinski definition) is 0. The maximum atomic E-state index is 13.8. The number of halogens is 2. The highest BCUT2D eigenvalue weighted by atomic mass is 19.2. The molecule has 0 heterocycles. The van der Waals surface area contributed by atoms with Gasteiger partial charge in [-0.3, -0.25) is 4.90 Å². The molecule has 0 saturated heterocycles. The van der Waals surface area contributed by atoms with Crippen LogP contribution in [0.5, 0.6) is 0 Å². The summed E-state index contributed by atoms with van der Waals surface area (Å²) >= 11 is 0. The summed E-state index contributed by atoms with van der Waals surface area (Å²) in [6, 6.07) is 20.5. The first kappa shape index (κ1) is 23.9. The summed E-state index contributed by atoms with van der Waals surface area (Å²) in [7, 11) is 0. The predicted octanol–water partition coefficient (Wildman–Crippen LogP) is 7.29. The van der Waals surface area contributed by atoms with Crippen LogP contribution in [0.25, 0.3) is 0 Å². The van der Waals surface area contributed by atoms with Crippen LogP contribution in [0.3, 0.4) is 0 Å². The molecule has 1 fully saturated rings. The maximum Gasteiger partial charge on any atom is 0.132 e. The standard InChI is InChI=1S/C28H39F2N/c1-4-26(31(21(2)3)19-18-22-8-6-5-7-9-22)16-12-23-10-13-24(14-11-23)25-15-17-27(29)28(30)20-25/h5-11,13-14,21,25-28H,4,12,15-20H2,1-3H3. The summed E-state index contributed by atoms with van der Waals surface area (Å²) in [5.41, 5.74) is 3.90. The summed E-state index contributed by atoms with van der Waals surface area (Å²) < 4.78 is 27.2. The van der Waals surface area contributed by atoms with E-state index in [0.29, 0.717) is 24.9 Å². The van der Waals surface area contributed by atoms with Gasteiger partial charge in [-0.05, 0) is 81.4 Å². The first-order chi connectivity index (χ1) is 15.0. The van der Waals surface area contributed by atoms with Crippen LogP contribution >= 0.6 is 0 Å². The second-order valence-corrected chi connectivity index (χ2v) is 9.45. The van der Waals surface area contributed by atoms with Gasteiger partial charge >= 0.3 is 0 Å². The molecule has 1 saturated carbocycles. The van der Waals surface area contributed by atoms with Gasteiger partial charge in [0.1, 0.15) is 12.3 Å². The molecule has 0 aromatic heterocycles. The summed E-state index contributed by atoms with van der Waals surface area (Å²) in [6.07, 6.45) is 3.27. The number of hydrogen-bond acceptors (Lipinski definition) is 1. The lowest BCUT2D eigenvalue weighted by Crippen LogP contribution is -2.41. The monoisotopic (exact) mass is 427 g/mol. The average molecular weight is 428 g/mol. The van der Waals surface area contributed by atoms with Crippen molar-refractivity contribution in [2.75, 3.05) is 6.54 Å². The Bertz CT molecular complexity index is 758. The molecule has 1 nitrogen and oxygen atoms in total. The van der Waals surface area contributed by atoms with E-state index in [0.717, 1.165) is 44.2 Å². The highest BCUT2D eigenvalue weighted by Gasteiger charge is 2.31. The zero-order valence-electron chi connectivity index (χ0n) is 19.4. The number of aryl methyl sites for hydroxylation is 1. The van der Waals surface area contributed by atoms with E-state index in [1.165, 1.54) is 11.1 Å². The van der Waals surface area contributed by atoms with Crippen molar-refractivity contribution in [1.29, 1.82) is 0 Å². The lowest BCUT2D eigenvalue weighted by Gasteiger charge is -2.35. The van der Waals surface area contributed by atoms with Crippen molar-refractivity contribution < 1.29 is 8.78 Å². The molecule has 0 radical (unpaired) electrons. The van der Waals surface area contributed by atoms with Crippen molar-refractivity contribution >= 4 is 0 Å². The summed E-state index contributed by atoms with van der Waals surface area (Å²) in [5.74, 6) is 0.161. The Labute approximate surface area is 187 Å². The van der Waals surface area contributed by atoms with E-state index in [-0.39, 0.29) is 5.92 Å². The van der Waals surface area contributed by atoms with Gasteiger partial charge < -0.3 is 0 Å². The summed E-state index contributed by atoms with van der Waals surface area (Å²) in [6.45, 7) is 7.97. The summed E-state index contributed by atoms with van der Waals surface area (Å²) in [4.78, 5) is 2.65. The second kappa shape index (κ2) is 11.8. The predicted molar refractivity (Wildman–Crippen MR) is 127 cm³/mol. The Morgan fingerprint density at radius 2 is 1.55 bits per heavy atom. The average Bonchev–Trinajstić information content (AvgIpc) is 2.78. The SMILES string of the molecule is CCC(CCc1ccc(C2CCC(F)C(F)C2)cc1)N(CCc1ccccc1)C(C)C. The quantitative estimate of drug-likeness (QED) is 0.385. The van der Waals surface area contributed by atoms with Gasteiger partial charge in [0, 0.05) is 18.6 Å². The Kier molecular flexibility index (Phi) is 9.07. The van der Waals surface area contributed by atoms with Gasteiger partial charge in [-0.15, -0.1) is 0 Å². The smallest absolute Gasteiger partial charge is 0.132 e. The fourth-order valence-corrected chi connectivity index (χ4v) is 5.04. The van der Waals surface area contributed by atoms with E-state index in [1.807, 2.05) is 0 Å². The number of alkyl halides is 2. The van der Waals surface area contributed by atoms with E-state index in [1.54, 1.807) is 0 Å². The molecule has 2 aromatic rings. The maximum absolute atomic E-state index is 13.8. The largest absolute Gasteiger partial charge is 0.298 e. The Balaban J connectivity index is 1.54. The van der Waals surface area contributed by atoms with Gasteiger partial charge in [-0.25, -0.2) is 8.78 Å². The molecule has 4 unspecified atom stereocenters. The highest BCUT2D eigenvalue weighted by molar-refractivity contribution is 5.26. The molecule has 1 aliphatic rings. The minimum Gasteiger partial charge on any atom is -0.298 e. The number of benzene rings is 2. The first-order valence-electron chi connectivity index (χ1n) is 12.1. The zero-order valence-corrected chi connectivity index (χ0v) is 19.4. The Morgan fingerprint density at radius 1 is 0.871 bits per heavy atom. The number of rotatable bonds is 10. The Hall–Kier alpha value is -1.74. The van der Waals surface area contributed by atoms with Gasteiger partial charge in [-0.1, -0.05) is 61.5 Å². The molecule has 0 spiro atoms. The first-order valence-corrected chi connectivity index (χ1v) is 12.1. The van der Waals surface area contributed by atoms with Crippen molar-refractivity contribution in [3.05, 3.63) is 71.3 Å². The van der Waals surface area contributed by atoms with Crippen LogP contribution in [-0.2, 0) is 12.8 Å². The lowest BCUT2D eigenvalue weighted by molar-refractivity contribution is 0.108. The third-order valence-electron chi connectivity index (χ3n) is 7.02. The van der Waals surface area contributed by atoms with E-state index < -0.39 is 12.3 Å². The molecule has 0 N–H and O–H groups in total. The topological polar surface area (TPSA) is 3.24 Å². The van der Waals surface area contributed by atoms with Gasteiger partial charge in [0.2, 0.25) is 0 Å².